The molecule has 0 aliphatic heterocycles. The minimum Gasteiger partial charge on any atom is -0.393 e. The van der Waals surface area contributed by atoms with E-state index in [1.54, 1.807) is 0 Å². The van der Waals surface area contributed by atoms with E-state index in [0.717, 1.165) is 0 Å². The average Bonchev–Trinajstić information content (AvgIpc) is 2.66. The second kappa shape index (κ2) is 6.45. The minimum absolute atomic E-state index is 0.174. The van der Waals surface area contributed by atoms with Crippen molar-refractivity contribution in [2.75, 3.05) is 6.61 Å². The summed E-state index contributed by atoms with van der Waals surface area (Å²) >= 11 is 23.9. The molecule has 0 amide bonds. The molecule has 9 heteroatoms. The van der Waals surface area contributed by atoms with Gasteiger partial charge in [-0.25, -0.2) is 0 Å². The fraction of sp³-hybridized carbons (Fsp3) is 0.368. The Hall–Kier alpha value is -0.600. The van der Waals surface area contributed by atoms with E-state index >= 15 is 0 Å². The zero-order valence-corrected chi connectivity index (χ0v) is 17.2. The van der Waals surface area contributed by atoms with Gasteiger partial charge in [0.15, 0.2) is 0 Å². The molecular weight excluding hydrogens is 450 g/mol. The smallest absolute Gasteiger partial charge is 0.137 e. The van der Waals surface area contributed by atoms with Gasteiger partial charge in [-0.05, 0) is 35.4 Å². The summed E-state index contributed by atoms with van der Waals surface area (Å²) in [6.45, 7) is -0.860. The molecule has 0 radical (unpaired) electrons. The van der Waals surface area contributed by atoms with E-state index in [-0.39, 0.29) is 20.1 Å². The van der Waals surface area contributed by atoms with Crippen molar-refractivity contribution >= 4 is 46.4 Å². The third-order valence-corrected chi connectivity index (χ3v) is 7.70. The van der Waals surface area contributed by atoms with Crippen LogP contribution in [0.1, 0.15) is 23.0 Å². The lowest BCUT2D eigenvalue weighted by Crippen LogP contribution is -2.98. The summed E-state index contributed by atoms with van der Waals surface area (Å²) in [6.07, 6.45) is -1.44. The number of fused-ring (bicyclic) bond motifs is 1. The fourth-order valence-electron chi connectivity index (χ4n) is 4.94. The van der Waals surface area contributed by atoms with E-state index in [1.807, 2.05) is 0 Å². The number of hydrogen-bond donors (Lipinski definition) is 5. The van der Waals surface area contributed by atoms with Gasteiger partial charge in [-0.3, -0.25) is 0 Å². The number of benzene rings is 2. The first-order valence-electron chi connectivity index (χ1n) is 8.40. The molecule has 0 heterocycles. The largest absolute Gasteiger partial charge is 0.393 e. The molecule has 2 saturated carbocycles. The summed E-state index contributed by atoms with van der Waals surface area (Å²) in [6, 6.07) is 8.87. The Morgan fingerprint density at radius 3 is 1.79 bits per heavy atom. The number of aliphatic hydroxyl groups excluding tert-OH is 2. The predicted molar refractivity (Wildman–Crippen MR) is 106 cm³/mol. The van der Waals surface area contributed by atoms with Crippen LogP contribution in [0.5, 0.6) is 0 Å². The van der Waals surface area contributed by atoms with Gasteiger partial charge in [0.1, 0.15) is 16.8 Å². The van der Waals surface area contributed by atoms with Crippen molar-refractivity contribution in [2.24, 2.45) is 0 Å². The molecule has 0 spiro atoms. The molecule has 2 aromatic carbocycles. The maximum absolute atomic E-state index is 11.3. The van der Waals surface area contributed by atoms with Crippen LogP contribution in [0.2, 0.25) is 20.1 Å². The summed E-state index contributed by atoms with van der Waals surface area (Å²) in [7, 11) is 0. The molecule has 0 aromatic heterocycles. The van der Waals surface area contributed by atoms with Gasteiger partial charge < -0.3 is 25.5 Å². The Balaban J connectivity index is 1.82. The maximum Gasteiger partial charge on any atom is 0.137 e. The molecule has 4 rings (SSSR count). The highest BCUT2D eigenvalue weighted by Crippen LogP contribution is 2.74. The number of halogens is 4. The average molecular weight is 466 g/mol. The van der Waals surface area contributed by atoms with Crippen LogP contribution in [0.3, 0.4) is 0 Å². The third-order valence-electron chi connectivity index (χ3n) is 6.23. The van der Waals surface area contributed by atoms with Crippen molar-refractivity contribution in [3.8, 4) is 0 Å². The summed E-state index contributed by atoms with van der Waals surface area (Å²) in [5.74, 6) is -2.29. The van der Waals surface area contributed by atoms with Crippen LogP contribution >= 0.6 is 46.4 Å². The van der Waals surface area contributed by atoms with Crippen LogP contribution in [0, 0.1) is 0 Å². The van der Waals surface area contributed by atoms with Crippen LogP contribution in [0.4, 0.5) is 0 Å². The second-order valence-electron chi connectivity index (χ2n) is 7.38. The topological polar surface area (TPSA) is 101 Å². The Bertz CT molecular complexity index is 959. The van der Waals surface area contributed by atoms with Crippen LogP contribution in [0.15, 0.2) is 36.4 Å². The molecule has 28 heavy (non-hydrogen) atoms. The van der Waals surface area contributed by atoms with E-state index in [1.165, 1.54) is 36.4 Å². The van der Waals surface area contributed by atoms with E-state index < -0.39 is 41.3 Å². The molecule has 2 fully saturated rings. The van der Waals surface area contributed by atoms with Gasteiger partial charge in [-0.15, -0.1) is 0 Å². The van der Waals surface area contributed by atoms with Crippen LogP contribution < -0.4 is 0 Å². The van der Waals surface area contributed by atoms with E-state index in [9.17, 15) is 25.5 Å². The standard InChI is InChI=1S/C19H16Cl4O5/c20-10-3-1-8(5-12(10)22)14-16(25)18(27)15(17(26,7-24)19(14,18)28)9-2-4-11(21)13(23)6-9/h1-6,14-16,24-28H,7H2/t14?,15?,16?,17-,18-,19-/m0/s1. The normalized spacial score (nSPS) is 39.1. The number of rotatable bonds is 3. The third kappa shape index (κ3) is 2.23. The van der Waals surface area contributed by atoms with Crippen molar-refractivity contribution in [1.82, 2.24) is 0 Å². The molecule has 5 nitrogen and oxygen atoms in total. The van der Waals surface area contributed by atoms with Gasteiger partial charge in [0.05, 0.1) is 38.7 Å². The predicted octanol–water partition coefficient (Wildman–Crippen LogP) is 2.74. The molecule has 2 aliphatic rings. The highest BCUT2D eigenvalue weighted by molar-refractivity contribution is 6.42. The monoisotopic (exact) mass is 464 g/mol. The summed E-state index contributed by atoms with van der Waals surface area (Å²) < 4.78 is 0. The summed E-state index contributed by atoms with van der Waals surface area (Å²) in [5, 5.41) is 55.3. The zero-order chi connectivity index (χ0) is 20.6. The molecule has 2 aliphatic carbocycles. The zero-order valence-electron chi connectivity index (χ0n) is 14.2. The quantitative estimate of drug-likeness (QED) is 0.479. The highest BCUT2D eigenvalue weighted by atomic mass is 35.5. The van der Waals surface area contributed by atoms with Gasteiger partial charge in [-0.2, -0.15) is 0 Å². The minimum atomic E-state index is -2.22. The first kappa shape index (κ1) is 20.7. The Morgan fingerprint density at radius 1 is 0.786 bits per heavy atom. The van der Waals surface area contributed by atoms with Crippen LogP contribution in [0.25, 0.3) is 0 Å². The lowest BCUT2D eigenvalue weighted by Gasteiger charge is -2.79. The number of aliphatic hydroxyl groups is 5. The second-order valence-corrected chi connectivity index (χ2v) is 9.01. The van der Waals surface area contributed by atoms with Crippen LogP contribution in [-0.2, 0) is 0 Å². The van der Waals surface area contributed by atoms with Gasteiger partial charge in [-0.1, -0.05) is 58.5 Å². The summed E-state index contributed by atoms with van der Waals surface area (Å²) in [4.78, 5) is 0. The fourth-order valence-corrected chi connectivity index (χ4v) is 5.55. The number of hydrogen-bond acceptors (Lipinski definition) is 5. The van der Waals surface area contributed by atoms with E-state index in [0.29, 0.717) is 11.1 Å². The molecular formula is C19H16Cl4O5. The van der Waals surface area contributed by atoms with Crippen molar-refractivity contribution in [3.05, 3.63) is 67.6 Å². The van der Waals surface area contributed by atoms with Gasteiger partial charge in [0.2, 0.25) is 0 Å². The van der Waals surface area contributed by atoms with E-state index in [2.05, 4.69) is 0 Å². The van der Waals surface area contributed by atoms with E-state index in [4.69, 9.17) is 46.4 Å². The molecule has 0 saturated heterocycles. The van der Waals surface area contributed by atoms with Gasteiger partial charge in [0.25, 0.3) is 0 Å². The first-order valence-corrected chi connectivity index (χ1v) is 9.91. The van der Waals surface area contributed by atoms with Gasteiger partial charge >= 0.3 is 0 Å². The highest BCUT2D eigenvalue weighted by Gasteiger charge is 2.92. The van der Waals surface area contributed by atoms with Crippen molar-refractivity contribution < 1.29 is 25.5 Å². The van der Waals surface area contributed by atoms with Crippen molar-refractivity contribution in [3.63, 3.8) is 0 Å². The Morgan fingerprint density at radius 2 is 1.29 bits per heavy atom. The SMILES string of the molecule is OC[C@]1(O)C(c2ccc(Cl)c(Cl)c2)[C@]2(O)C(O)C(c3ccc(Cl)c(Cl)c3)[C@@]21O. The first-order chi connectivity index (χ1) is 13.0. The van der Waals surface area contributed by atoms with Gasteiger partial charge in [0, 0.05) is 5.92 Å². The molecule has 2 aromatic rings. The molecule has 5 N–H and O–H groups in total. The lowest BCUT2D eigenvalue weighted by molar-refractivity contribution is -0.448. The molecule has 0 bridgehead atoms. The molecule has 3 unspecified atom stereocenters. The van der Waals surface area contributed by atoms with Crippen LogP contribution in [-0.4, -0.2) is 55.0 Å². The Labute approximate surface area is 180 Å². The molecule has 6 atom stereocenters. The van der Waals surface area contributed by atoms with Crippen molar-refractivity contribution in [2.45, 2.75) is 34.7 Å². The summed E-state index contributed by atoms with van der Waals surface area (Å²) in [5.41, 5.74) is -5.78. The Kier molecular flexibility index (Phi) is 4.76. The maximum atomic E-state index is 11.3. The lowest BCUT2D eigenvalue weighted by atomic mass is 9.31. The molecule has 150 valence electrons. The van der Waals surface area contributed by atoms with Crippen molar-refractivity contribution in [1.29, 1.82) is 0 Å².